The molecule has 0 aromatic carbocycles. The van der Waals surface area contributed by atoms with E-state index in [1.54, 1.807) is 13.0 Å². The third kappa shape index (κ3) is 7.82. The number of halogens is 1. The van der Waals surface area contributed by atoms with Crippen LogP contribution in [0.25, 0.3) is 0 Å². The van der Waals surface area contributed by atoms with Crippen LogP contribution in [-0.4, -0.2) is 111 Å². The molecule has 6 N–H and O–H groups in total. The normalized spacial score (nSPS) is 33.4. The van der Waals surface area contributed by atoms with Crippen LogP contribution < -0.4 is 5.32 Å². The van der Waals surface area contributed by atoms with Gasteiger partial charge in [0.05, 0.1) is 30.0 Å². The van der Waals surface area contributed by atoms with Crippen molar-refractivity contribution in [1.29, 1.82) is 0 Å². The van der Waals surface area contributed by atoms with Crippen molar-refractivity contribution in [2.75, 3.05) is 33.0 Å². The SMILES string of the molecule is C[C@]12C[C@H](O)C3(F)[C@@H](CCC4=CC(=O)C=C[C@@]43C)C1CCC2C(=O)COC(=O)NCCOC(=O)OCCC(CON(O)O)ON(O)O. The molecule has 0 aromatic heterocycles. The van der Waals surface area contributed by atoms with Gasteiger partial charge >= 0.3 is 12.2 Å². The summed E-state index contributed by atoms with van der Waals surface area (Å²) in [4.78, 5) is 58.0. The van der Waals surface area contributed by atoms with Crippen molar-refractivity contribution in [3.8, 4) is 0 Å². The van der Waals surface area contributed by atoms with E-state index in [1.807, 2.05) is 6.92 Å². The lowest BCUT2D eigenvalue weighted by molar-refractivity contribution is -0.527. The zero-order chi connectivity index (χ0) is 34.6. The number of nitrogens with one attached hydrogen (secondary N) is 1. The van der Waals surface area contributed by atoms with Crippen molar-refractivity contribution >= 4 is 23.8 Å². The predicted molar refractivity (Wildman–Crippen MR) is 150 cm³/mol. The average molecular weight is 676 g/mol. The highest BCUT2D eigenvalue weighted by Gasteiger charge is 2.70. The van der Waals surface area contributed by atoms with Crippen molar-refractivity contribution in [2.24, 2.45) is 28.6 Å². The lowest BCUT2D eigenvalue weighted by Crippen LogP contribution is -2.66. The first-order valence-corrected chi connectivity index (χ1v) is 15.3. The van der Waals surface area contributed by atoms with Gasteiger partial charge in [-0.05, 0) is 62.5 Å². The van der Waals surface area contributed by atoms with Gasteiger partial charge in [-0.2, -0.15) is 0 Å². The van der Waals surface area contributed by atoms with E-state index in [-0.39, 0.29) is 50.1 Å². The van der Waals surface area contributed by atoms with Gasteiger partial charge in [0.25, 0.3) is 0 Å². The van der Waals surface area contributed by atoms with Crippen LogP contribution in [0.2, 0.25) is 0 Å². The highest BCUT2D eigenvalue weighted by molar-refractivity contribution is 6.01. The average Bonchev–Trinajstić information content (AvgIpc) is 3.34. The molecule has 0 bridgehead atoms. The van der Waals surface area contributed by atoms with Crippen LogP contribution in [0.15, 0.2) is 23.8 Å². The molecule has 4 aliphatic carbocycles. The molecule has 4 unspecified atom stereocenters. The Morgan fingerprint density at radius 1 is 1.04 bits per heavy atom. The summed E-state index contributed by atoms with van der Waals surface area (Å²) < 4.78 is 31.8. The van der Waals surface area contributed by atoms with Crippen molar-refractivity contribution in [3.05, 3.63) is 23.8 Å². The van der Waals surface area contributed by atoms with Crippen molar-refractivity contribution in [2.45, 2.75) is 70.2 Å². The zero-order valence-corrected chi connectivity index (χ0v) is 26.1. The second-order valence-corrected chi connectivity index (χ2v) is 12.7. The maximum atomic E-state index is 17.1. The molecule has 0 radical (unpaired) electrons. The molecule has 4 rings (SSSR count). The number of alkyl halides is 1. The van der Waals surface area contributed by atoms with Crippen LogP contribution in [0.4, 0.5) is 14.0 Å². The number of ketones is 2. The number of hydrogen-bond donors (Lipinski definition) is 6. The molecular formula is C29H42FN3O14. The number of ether oxygens (including phenoxy) is 3. The minimum absolute atomic E-state index is 0.0536. The molecule has 0 aromatic rings. The number of carbonyl (C=O) groups excluding carboxylic acids is 4. The van der Waals surface area contributed by atoms with E-state index in [4.69, 9.17) is 35.0 Å². The van der Waals surface area contributed by atoms with Crippen LogP contribution in [-0.2, 0) is 33.5 Å². The number of fused-ring (bicyclic) bond motifs is 5. The molecule has 4 aliphatic rings. The number of aliphatic hydroxyl groups excluding tert-OH is 1. The fraction of sp³-hybridized carbons (Fsp3) is 0.724. The molecule has 3 saturated carbocycles. The number of hydrogen-bond acceptors (Lipinski definition) is 16. The number of nitrogens with zero attached hydrogens (tertiary/aromatic N) is 2. The first kappa shape index (κ1) is 36.8. The van der Waals surface area contributed by atoms with Gasteiger partial charge in [-0.1, -0.05) is 18.6 Å². The quantitative estimate of drug-likeness (QED) is 0.0879. The third-order valence-electron chi connectivity index (χ3n) is 10.2. The van der Waals surface area contributed by atoms with Crippen molar-refractivity contribution < 1.29 is 73.4 Å². The summed E-state index contributed by atoms with van der Waals surface area (Å²) in [6.45, 7) is 1.69. The van der Waals surface area contributed by atoms with Gasteiger partial charge in [0.2, 0.25) is 0 Å². The molecule has 264 valence electrons. The molecule has 18 heteroatoms. The monoisotopic (exact) mass is 675 g/mol. The smallest absolute Gasteiger partial charge is 0.442 e. The molecule has 8 atom stereocenters. The summed E-state index contributed by atoms with van der Waals surface area (Å²) in [5, 5.41) is 46.9. The van der Waals surface area contributed by atoms with Crippen molar-refractivity contribution in [3.63, 3.8) is 0 Å². The number of aliphatic hydroxyl groups is 1. The Kier molecular flexibility index (Phi) is 11.7. The topological polar surface area (TPSA) is 234 Å². The van der Waals surface area contributed by atoms with Gasteiger partial charge in [0, 0.05) is 23.7 Å². The van der Waals surface area contributed by atoms with Gasteiger partial charge in [0.1, 0.15) is 19.3 Å². The van der Waals surface area contributed by atoms with Crippen LogP contribution in [0.5, 0.6) is 0 Å². The molecule has 17 nitrogen and oxygen atoms in total. The Balaban J connectivity index is 1.19. The number of rotatable bonds is 14. The summed E-state index contributed by atoms with van der Waals surface area (Å²) in [7, 11) is 0. The van der Waals surface area contributed by atoms with Crippen molar-refractivity contribution in [1.82, 2.24) is 16.1 Å². The number of carbonyl (C=O) groups is 4. The van der Waals surface area contributed by atoms with E-state index in [0.717, 1.165) is 0 Å². The van der Waals surface area contributed by atoms with E-state index < -0.39 is 76.8 Å². The number of allylic oxidation sites excluding steroid dienone is 4. The fourth-order valence-corrected chi connectivity index (χ4v) is 8.08. The van der Waals surface area contributed by atoms with Crippen LogP contribution in [0, 0.1) is 28.6 Å². The molecule has 0 aliphatic heterocycles. The standard InChI is InChI=1S/C29H42FN3O14/c1-27-14-24(36)29(30)21(4-3-17-13-18(34)7-9-28(17,29)2)20(27)5-6-22(27)23(35)16-45-25(37)31-10-12-44-26(38)43-11-8-19(47-33(41)42)15-46-32(39)40/h7,9,13,19-22,24,36,39-42H,3-6,8,10-12,14-16H2,1-2H3,(H,31,37)/t19?,20?,21-,22?,24-,27-,28-,29?/m0/s1. The van der Waals surface area contributed by atoms with Gasteiger partial charge in [-0.15, -0.1) is 0 Å². The summed E-state index contributed by atoms with van der Waals surface area (Å²) >= 11 is 0. The van der Waals surface area contributed by atoms with Gasteiger partial charge in [-0.3, -0.25) is 30.4 Å². The molecule has 0 spiro atoms. The minimum Gasteiger partial charge on any atom is -0.442 e. The van der Waals surface area contributed by atoms with Gasteiger partial charge in [-0.25, -0.2) is 23.7 Å². The predicted octanol–water partition coefficient (Wildman–Crippen LogP) is 2.20. The highest BCUT2D eigenvalue weighted by Crippen LogP contribution is 2.68. The first-order chi connectivity index (χ1) is 22.1. The first-order valence-electron chi connectivity index (χ1n) is 15.3. The highest BCUT2D eigenvalue weighted by atomic mass is 19.1. The molecule has 3 fully saturated rings. The molecule has 1 amide bonds. The molecule has 47 heavy (non-hydrogen) atoms. The Hall–Kier alpha value is -3.07. The zero-order valence-electron chi connectivity index (χ0n) is 26.1. The lowest BCUT2D eigenvalue weighted by Gasteiger charge is -2.62. The summed E-state index contributed by atoms with van der Waals surface area (Å²) in [5.41, 5.74) is -3.13. The number of alkyl carbamates (subject to hydrolysis) is 1. The Morgan fingerprint density at radius 3 is 2.47 bits per heavy atom. The Bertz CT molecular complexity index is 1250. The van der Waals surface area contributed by atoms with E-state index in [0.29, 0.717) is 31.3 Å². The molecule has 0 heterocycles. The van der Waals surface area contributed by atoms with E-state index in [1.165, 1.54) is 12.2 Å². The maximum Gasteiger partial charge on any atom is 0.508 e. The third-order valence-corrected chi connectivity index (χ3v) is 10.2. The second kappa shape index (κ2) is 15.0. The molecular weight excluding hydrogens is 633 g/mol. The van der Waals surface area contributed by atoms with Crippen LogP contribution in [0.1, 0.15) is 52.4 Å². The number of amides is 1. The lowest BCUT2D eigenvalue weighted by atomic mass is 9.45. The maximum absolute atomic E-state index is 17.1. The van der Waals surface area contributed by atoms with E-state index in [2.05, 4.69) is 15.0 Å². The fourth-order valence-electron chi connectivity index (χ4n) is 8.08. The minimum atomic E-state index is -1.99. The summed E-state index contributed by atoms with van der Waals surface area (Å²) in [6, 6.07) is 0. The number of Topliss-reactive ketones (excluding diaryl/α,β-unsaturated/α-hetero) is 1. The van der Waals surface area contributed by atoms with Crippen LogP contribution in [0.3, 0.4) is 0 Å². The van der Waals surface area contributed by atoms with E-state index in [9.17, 15) is 24.3 Å². The van der Waals surface area contributed by atoms with Gasteiger partial charge in [0.15, 0.2) is 23.8 Å². The summed E-state index contributed by atoms with van der Waals surface area (Å²) in [5.74, 6) is -1.78. The largest absolute Gasteiger partial charge is 0.508 e. The summed E-state index contributed by atoms with van der Waals surface area (Å²) in [6.07, 6.45) is 1.74. The Morgan fingerprint density at radius 2 is 1.77 bits per heavy atom. The van der Waals surface area contributed by atoms with Gasteiger partial charge < -0.3 is 24.6 Å². The molecule has 0 saturated heterocycles. The van der Waals surface area contributed by atoms with Crippen LogP contribution >= 0.6 is 0 Å². The van der Waals surface area contributed by atoms with E-state index >= 15 is 4.39 Å². The Labute approximate surface area is 269 Å². The second-order valence-electron chi connectivity index (χ2n) is 12.7.